The summed E-state index contributed by atoms with van der Waals surface area (Å²) in [5.41, 5.74) is -6.02. The van der Waals surface area contributed by atoms with Crippen molar-refractivity contribution in [1.29, 1.82) is 0 Å². The number of benzene rings is 1. The quantitative estimate of drug-likeness (QED) is 0.573. The van der Waals surface area contributed by atoms with Crippen LogP contribution < -0.4 is 4.90 Å². The Hall–Kier alpha value is -1.35. The maximum atomic E-state index is 13.0. The maximum absolute atomic E-state index is 13.0. The second-order valence-corrected chi connectivity index (χ2v) is 10.2. The number of sulfonamides is 1. The zero-order valence-electron chi connectivity index (χ0n) is 15.4. The first kappa shape index (κ1) is 24.3. The monoisotopic (exact) mass is 552 g/mol. The molecule has 0 amide bonds. The third kappa shape index (κ3) is 4.32. The molecule has 31 heavy (non-hydrogen) atoms. The topological polar surface area (TPSA) is 60.9 Å². The molecule has 1 aliphatic heterocycles. The minimum absolute atomic E-state index is 0.0847. The van der Waals surface area contributed by atoms with E-state index < -0.39 is 33.5 Å². The Morgan fingerprint density at radius 2 is 1.42 bits per heavy atom. The van der Waals surface area contributed by atoms with E-state index in [0.29, 0.717) is 22.3 Å². The molecular formula is C17H15BrF6N2O3S2. The fourth-order valence-corrected chi connectivity index (χ4v) is 6.90. The van der Waals surface area contributed by atoms with Crippen molar-refractivity contribution in [1.82, 2.24) is 4.31 Å². The molecule has 5 nitrogen and oxygen atoms in total. The van der Waals surface area contributed by atoms with Crippen molar-refractivity contribution in [3.63, 3.8) is 0 Å². The molecule has 0 bridgehead atoms. The highest BCUT2D eigenvalue weighted by molar-refractivity contribution is 9.10. The van der Waals surface area contributed by atoms with Gasteiger partial charge in [-0.3, -0.25) is 0 Å². The molecule has 1 aromatic carbocycles. The Bertz CT molecular complexity index is 1020. The van der Waals surface area contributed by atoms with Gasteiger partial charge in [-0.1, -0.05) is 12.1 Å². The number of anilines is 1. The first-order chi connectivity index (χ1) is 14.2. The zero-order chi connectivity index (χ0) is 23.2. The standard InChI is InChI=1S/C17H15BrF6N2O3S2/c18-13-9-30-10-14(13)31(28,29)26-7-5-25(6-8-26)12-3-1-11(2-4-12)15(27,16(19,20)21)17(22,23)24/h1-4,9-10,27H,5-8H2. The van der Waals surface area contributed by atoms with Crippen molar-refractivity contribution in [2.24, 2.45) is 0 Å². The number of alkyl halides is 6. The number of halogens is 7. The number of rotatable bonds is 4. The molecule has 0 unspecified atom stereocenters. The van der Waals surface area contributed by atoms with E-state index >= 15 is 0 Å². The molecule has 2 heterocycles. The number of piperazine rings is 1. The van der Waals surface area contributed by atoms with Crippen LogP contribution in [-0.2, 0) is 15.6 Å². The molecular weight excluding hydrogens is 538 g/mol. The van der Waals surface area contributed by atoms with Crippen molar-refractivity contribution >= 4 is 43.0 Å². The van der Waals surface area contributed by atoms with Gasteiger partial charge in [-0.05, 0) is 28.1 Å². The van der Waals surface area contributed by atoms with Crippen LogP contribution in [0.4, 0.5) is 32.0 Å². The van der Waals surface area contributed by atoms with E-state index in [-0.39, 0.29) is 31.1 Å². The van der Waals surface area contributed by atoms with Gasteiger partial charge in [-0.15, -0.1) is 11.3 Å². The van der Waals surface area contributed by atoms with E-state index in [9.17, 15) is 39.9 Å². The first-order valence-corrected chi connectivity index (χ1v) is 11.8. The van der Waals surface area contributed by atoms with E-state index in [1.165, 1.54) is 21.0 Å². The predicted octanol–water partition coefficient (Wildman–Crippen LogP) is 4.33. The molecule has 0 spiro atoms. The Morgan fingerprint density at radius 1 is 0.903 bits per heavy atom. The number of hydrogen-bond donors (Lipinski definition) is 1. The Kier molecular flexibility index (Phi) is 6.43. The third-order valence-corrected chi connectivity index (χ3v) is 8.96. The molecule has 1 aromatic heterocycles. The van der Waals surface area contributed by atoms with Crippen LogP contribution in [0.25, 0.3) is 0 Å². The highest BCUT2D eigenvalue weighted by atomic mass is 79.9. The average Bonchev–Trinajstić information content (AvgIpc) is 3.12. The van der Waals surface area contributed by atoms with Gasteiger partial charge in [0.15, 0.2) is 0 Å². The van der Waals surface area contributed by atoms with Gasteiger partial charge in [0.25, 0.3) is 5.60 Å². The Labute approximate surface area is 186 Å². The SMILES string of the molecule is O=S(=O)(c1cscc1Br)N1CCN(c2ccc(C(O)(C(F)(F)F)C(F)(F)F)cc2)CC1. The number of thiophene rings is 1. The predicted molar refractivity (Wildman–Crippen MR) is 105 cm³/mol. The van der Waals surface area contributed by atoms with E-state index in [1.807, 2.05) is 0 Å². The second kappa shape index (κ2) is 8.21. The van der Waals surface area contributed by atoms with Crippen LogP contribution in [0, 0.1) is 0 Å². The summed E-state index contributed by atoms with van der Waals surface area (Å²) in [5.74, 6) is 0. The van der Waals surface area contributed by atoms with Crippen molar-refractivity contribution in [3.05, 3.63) is 45.1 Å². The van der Waals surface area contributed by atoms with E-state index in [1.54, 1.807) is 10.3 Å². The summed E-state index contributed by atoms with van der Waals surface area (Å²) < 4.78 is 105. The van der Waals surface area contributed by atoms with E-state index in [4.69, 9.17) is 0 Å². The highest BCUT2D eigenvalue weighted by Crippen LogP contribution is 2.50. The molecule has 1 N–H and O–H groups in total. The largest absolute Gasteiger partial charge is 0.430 e. The minimum atomic E-state index is -5.96. The number of hydrogen-bond acceptors (Lipinski definition) is 5. The summed E-state index contributed by atoms with van der Waals surface area (Å²) in [6.45, 7) is 0.537. The molecule has 0 atom stereocenters. The molecule has 3 rings (SSSR count). The van der Waals surface area contributed by atoms with Gasteiger partial charge in [-0.25, -0.2) is 8.42 Å². The lowest BCUT2D eigenvalue weighted by molar-refractivity contribution is -0.376. The molecule has 0 saturated carbocycles. The molecule has 1 saturated heterocycles. The number of aliphatic hydroxyl groups is 1. The lowest BCUT2D eigenvalue weighted by Gasteiger charge is -2.36. The Balaban J connectivity index is 1.76. The molecule has 14 heteroatoms. The lowest BCUT2D eigenvalue weighted by Crippen LogP contribution is -2.54. The zero-order valence-corrected chi connectivity index (χ0v) is 18.6. The highest BCUT2D eigenvalue weighted by Gasteiger charge is 2.71. The summed E-state index contributed by atoms with van der Waals surface area (Å²) in [6, 6.07) is 3.22. The normalized spacial score (nSPS) is 17.2. The van der Waals surface area contributed by atoms with Crippen LogP contribution in [0.15, 0.2) is 44.4 Å². The van der Waals surface area contributed by atoms with Crippen molar-refractivity contribution in [2.45, 2.75) is 22.8 Å². The van der Waals surface area contributed by atoms with Crippen molar-refractivity contribution in [3.8, 4) is 0 Å². The van der Waals surface area contributed by atoms with Gasteiger partial charge < -0.3 is 10.0 Å². The van der Waals surface area contributed by atoms with Crippen LogP contribution >= 0.6 is 27.3 Å². The summed E-state index contributed by atoms with van der Waals surface area (Å²) in [5, 5.41) is 12.6. The van der Waals surface area contributed by atoms with Gasteiger partial charge >= 0.3 is 12.4 Å². The van der Waals surface area contributed by atoms with Crippen LogP contribution in [0.2, 0.25) is 0 Å². The van der Waals surface area contributed by atoms with Gasteiger partial charge in [0.05, 0.1) is 0 Å². The minimum Gasteiger partial charge on any atom is -0.369 e. The van der Waals surface area contributed by atoms with Crippen LogP contribution in [-0.4, -0.2) is 56.4 Å². The van der Waals surface area contributed by atoms with Crippen molar-refractivity contribution < 1.29 is 39.9 Å². The fraction of sp³-hybridized carbons (Fsp3) is 0.412. The van der Waals surface area contributed by atoms with Crippen LogP contribution in [0.1, 0.15) is 5.56 Å². The van der Waals surface area contributed by atoms with Gasteiger partial charge in [0.2, 0.25) is 10.0 Å². The second-order valence-electron chi connectivity index (χ2n) is 6.73. The van der Waals surface area contributed by atoms with Crippen LogP contribution in [0.3, 0.4) is 0 Å². The van der Waals surface area contributed by atoms with Gasteiger partial charge in [0, 0.05) is 52.7 Å². The molecule has 1 aliphatic rings. The van der Waals surface area contributed by atoms with E-state index in [0.717, 1.165) is 12.1 Å². The van der Waals surface area contributed by atoms with E-state index in [2.05, 4.69) is 15.9 Å². The summed E-state index contributed by atoms with van der Waals surface area (Å²) >= 11 is 4.40. The summed E-state index contributed by atoms with van der Waals surface area (Å²) in [6.07, 6.45) is -11.9. The summed E-state index contributed by atoms with van der Waals surface area (Å²) in [7, 11) is -3.73. The maximum Gasteiger partial charge on any atom is 0.430 e. The smallest absolute Gasteiger partial charge is 0.369 e. The molecule has 1 fully saturated rings. The van der Waals surface area contributed by atoms with Gasteiger partial charge in [-0.2, -0.15) is 30.6 Å². The third-order valence-electron chi connectivity index (χ3n) is 4.91. The first-order valence-electron chi connectivity index (χ1n) is 8.63. The van der Waals surface area contributed by atoms with Gasteiger partial charge in [0.1, 0.15) is 4.90 Å². The molecule has 2 aromatic rings. The molecule has 172 valence electrons. The Morgan fingerprint density at radius 3 is 1.84 bits per heavy atom. The molecule has 0 aliphatic carbocycles. The number of nitrogens with zero attached hydrogens (tertiary/aromatic N) is 2. The summed E-state index contributed by atoms with van der Waals surface area (Å²) in [4.78, 5) is 1.77. The lowest BCUT2D eigenvalue weighted by atomic mass is 9.92. The van der Waals surface area contributed by atoms with Crippen molar-refractivity contribution in [2.75, 3.05) is 31.1 Å². The molecule has 0 radical (unpaired) electrons. The van der Waals surface area contributed by atoms with Crippen LogP contribution in [0.5, 0.6) is 0 Å². The average molecular weight is 553 g/mol. The fourth-order valence-electron chi connectivity index (χ4n) is 3.18.